The van der Waals surface area contributed by atoms with Crippen LogP contribution in [0.1, 0.15) is 12.7 Å². The van der Waals surface area contributed by atoms with E-state index in [1.54, 1.807) is 6.26 Å². The highest BCUT2D eigenvalue weighted by atomic mass is 79.9. The van der Waals surface area contributed by atoms with E-state index in [1.165, 1.54) is 0 Å². The van der Waals surface area contributed by atoms with E-state index < -0.39 is 0 Å². The molecule has 0 aliphatic carbocycles. The van der Waals surface area contributed by atoms with Gasteiger partial charge in [0.2, 0.25) is 0 Å². The molecule has 0 fully saturated rings. The third kappa shape index (κ3) is 4.73. The summed E-state index contributed by atoms with van der Waals surface area (Å²) in [4.78, 5) is 2.35. The van der Waals surface area contributed by atoms with Gasteiger partial charge in [-0.15, -0.1) is 0 Å². The van der Waals surface area contributed by atoms with Crippen LogP contribution in [0, 0.1) is 0 Å². The number of hydrogen-bond acceptors (Lipinski definition) is 3. The molecule has 0 atom stereocenters. The summed E-state index contributed by atoms with van der Waals surface area (Å²) in [5.41, 5.74) is 1.14. The first-order chi connectivity index (χ1) is 9.28. The van der Waals surface area contributed by atoms with Crippen LogP contribution in [0.3, 0.4) is 0 Å². The molecule has 0 unspecified atom stereocenters. The molecule has 0 radical (unpaired) electrons. The Bertz CT molecular complexity index is 485. The van der Waals surface area contributed by atoms with Crippen LogP contribution in [0.4, 0.5) is 5.69 Å². The van der Waals surface area contributed by atoms with Crippen LogP contribution in [0.5, 0.6) is 0 Å². The minimum absolute atomic E-state index is 0.865. The summed E-state index contributed by atoms with van der Waals surface area (Å²) < 4.78 is 6.48. The second-order valence-corrected chi connectivity index (χ2v) is 5.30. The fourth-order valence-corrected chi connectivity index (χ4v) is 2.33. The molecule has 1 aromatic carbocycles. The predicted octanol–water partition coefficient (Wildman–Crippen LogP) is 3.98. The Morgan fingerprint density at radius 1 is 1.26 bits per heavy atom. The Labute approximate surface area is 122 Å². The summed E-state index contributed by atoms with van der Waals surface area (Å²) in [5.74, 6) is 1.02. The average Bonchev–Trinajstić information content (AvgIpc) is 2.90. The summed E-state index contributed by atoms with van der Waals surface area (Å²) >= 11 is 3.47. The fraction of sp³-hybridized carbons (Fsp3) is 0.333. The van der Waals surface area contributed by atoms with E-state index in [1.807, 2.05) is 24.3 Å². The van der Waals surface area contributed by atoms with E-state index >= 15 is 0 Å². The van der Waals surface area contributed by atoms with Crippen molar-refractivity contribution in [1.29, 1.82) is 0 Å². The largest absolute Gasteiger partial charge is 0.468 e. The molecule has 0 amide bonds. The lowest BCUT2D eigenvalue weighted by atomic mass is 10.3. The fourth-order valence-electron chi connectivity index (χ4n) is 1.93. The number of nitrogens with zero attached hydrogens (tertiary/aromatic N) is 1. The summed E-state index contributed by atoms with van der Waals surface area (Å²) in [7, 11) is 0. The molecular weight excluding hydrogens is 304 g/mol. The maximum Gasteiger partial charge on any atom is 0.117 e. The summed E-state index contributed by atoms with van der Waals surface area (Å²) in [6.45, 7) is 5.96. The molecule has 2 rings (SSSR count). The van der Waals surface area contributed by atoms with Gasteiger partial charge in [-0.2, -0.15) is 0 Å². The molecule has 0 aliphatic heterocycles. The number of nitrogens with one attached hydrogen (secondary N) is 1. The van der Waals surface area contributed by atoms with E-state index in [0.29, 0.717) is 0 Å². The number of halogens is 1. The minimum Gasteiger partial charge on any atom is -0.468 e. The lowest BCUT2D eigenvalue weighted by Gasteiger charge is -2.19. The van der Waals surface area contributed by atoms with Gasteiger partial charge in [0.15, 0.2) is 0 Å². The van der Waals surface area contributed by atoms with Crippen LogP contribution in [-0.2, 0) is 6.54 Å². The first-order valence-electron chi connectivity index (χ1n) is 6.52. The van der Waals surface area contributed by atoms with Gasteiger partial charge in [-0.1, -0.05) is 28.9 Å². The van der Waals surface area contributed by atoms with Crippen LogP contribution >= 0.6 is 15.9 Å². The molecule has 3 nitrogen and oxygen atoms in total. The van der Waals surface area contributed by atoms with Gasteiger partial charge in [0, 0.05) is 23.2 Å². The van der Waals surface area contributed by atoms with Gasteiger partial charge in [-0.25, -0.2) is 0 Å². The molecule has 0 spiro atoms. The Morgan fingerprint density at radius 2 is 2.16 bits per heavy atom. The Hall–Kier alpha value is -1.26. The summed E-state index contributed by atoms with van der Waals surface area (Å²) in [6, 6.07) is 12.2. The van der Waals surface area contributed by atoms with Crippen molar-refractivity contribution in [3.8, 4) is 0 Å². The van der Waals surface area contributed by atoms with Gasteiger partial charge in [0.1, 0.15) is 5.76 Å². The van der Waals surface area contributed by atoms with Crippen LogP contribution in [0.15, 0.2) is 51.6 Å². The number of benzene rings is 1. The smallest absolute Gasteiger partial charge is 0.117 e. The SMILES string of the molecule is CCN(CCNc1cccc(Br)c1)Cc1ccco1. The van der Waals surface area contributed by atoms with Gasteiger partial charge in [0.05, 0.1) is 12.8 Å². The van der Waals surface area contributed by atoms with Crippen LogP contribution in [0.2, 0.25) is 0 Å². The third-order valence-corrected chi connectivity index (χ3v) is 3.48. The zero-order chi connectivity index (χ0) is 13.5. The van der Waals surface area contributed by atoms with Gasteiger partial charge >= 0.3 is 0 Å². The van der Waals surface area contributed by atoms with E-state index in [9.17, 15) is 0 Å². The van der Waals surface area contributed by atoms with Crippen molar-refractivity contribution in [2.75, 3.05) is 25.0 Å². The number of hydrogen-bond donors (Lipinski definition) is 1. The Kier molecular flexibility index (Phi) is 5.48. The van der Waals surface area contributed by atoms with Crippen molar-refractivity contribution in [1.82, 2.24) is 4.90 Å². The molecule has 1 N–H and O–H groups in total. The molecule has 0 saturated carbocycles. The summed E-state index contributed by atoms with van der Waals surface area (Å²) in [6.07, 6.45) is 1.73. The highest BCUT2D eigenvalue weighted by Crippen LogP contribution is 2.15. The van der Waals surface area contributed by atoms with E-state index in [4.69, 9.17) is 4.42 Å². The monoisotopic (exact) mass is 322 g/mol. The molecule has 0 bridgehead atoms. The number of likely N-dealkylation sites (N-methyl/N-ethyl adjacent to an activating group) is 1. The second-order valence-electron chi connectivity index (χ2n) is 4.39. The molecule has 1 aromatic heterocycles. The average molecular weight is 323 g/mol. The lowest BCUT2D eigenvalue weighted by molar-refractivity contribution is 0.265. The van der Waals surface area contributed by atoms with E-state index in [2.05, 4.69) is 45.2 Å². The molecule has 4 heteroatoms. The highest BCUT2D eigenvalue weighted by molar-refractivity contribution is 9.10. The topological polar surface area (TPSA) is 28.4 Å². The van der Waals surface area contributed by atoms with Crippen molar-refractivity contribution < 1.29 is 4.42 Å². The maximum atomic E-state index is 5.38. The van der Waals surface area contributed by atoms with Crippen molar-refractivity contribution in [3.63, 3.8) is 0 Å². The highest BCUT2D eigenvalue weighted by Gasteiger charge is 2.05. The van der Waals surface area contributed by atoms with Crippen molar-refractivity contribution in [3.05, 3.63) is 52.9 Å². The first-order valence-corrected chi connectivity index (χ1v) is 7.31. The summed E-state index contributed by atoms with van der Waals surface area (Å²) in [5, 5.41) is 3.43. The van der Waals surface area contributed by atoms with Gasteiger partial charge < -0.3 is 9.73 Å². The number of rotatable bonds is 7. The van der Waals surface area contributed by atoms with Gasteiger partial charge in [-0.05, 0) is 36.9 Å². The normalized spacial score (nSPS) is 10.9. The molecule has 0 saturated heterocycles. The molecule has 2 aromatic rings. The Balaban J connectivity index is 1.77. The predicted molar refractivity (Wildman–Crippen MR) is 82.3 cm³/mol. The first kappa shape index (κ1) is 14.2. The number of anilines is 1. The van der Waals surface area contributed by atoms with Crippen LogP contribution in [0.25, 0.3) is 0 Å². The molecule has 1 heterocycles. The van der Waals surface area contributed by atoms with Crippen molar-refractivity contribution in [2.24, 2.45) is 0 Å². The van der Waals surface area contributed by atoms with Crippen LogP contribution in [-0.4, -0.2) is 24.5 Å². The lowest BCUT2D eigenvalue weighted by Crippen LogP contribution is -2.28. The van der Waals surface area contributed by atoms with Gasteiger partial charge in [-0.3, -0.25) is 4.90 Å². The van der Waals surface area contributed by atoms with Gasteiger partial charge in [0.25, 0.3) is 0 Å². The molecular formula is C15H19BrN2O. The molecule has 102 valence electrons. The Morgan fingerprint density at radius 3 is 2.84 bits per heavy atom. The quantitative estimate of drug-likeness (QED) is 0.835. The second kappa shape index (κ2) is 7.36. The van der Waals surface area contributed by atoms with Crippen molar-refractivity contribution in [2.45, 2.75) is 13.5 Å². The zero-order valence-corrected chi connectivity index (χ0v) is 12.7. The third-order valence-electron chi connectivity index (χ3n) is 2.99. The molecule has 19 heavy (non-hydrogen) atoms. The molecule has 0 aliphatic rings. The van der Waals surface area contributed by atoms with Crippen molar-refractivity contribution >= 4 is 21.6 Å². The number of furan rings is 1. The standard InChI is InChI=1S/C15H19BrN2O/c1-2-18(12-15-7-4-10-19-15)9-8-17-14-6-3-5-13(16)11-14/h3-7,10-11,17H,2,8-9,12H2,1H3. The van der Waals surface area contributed by atoms with E-state index in [-0.39, 0.29) is 0 Å². The van der Waals surface area contributed by atoms with Crippen LogP contribution < -0.4 is 5.32 Å². The minimum atomic E-state index is 0.865. The maximum absolute atomic E-state index is 5.38. The zero-order valence-electron chi connectivity index (χ0n) is 11.1. The van der Waals surface area contributed by atoms with E-state index in [0.717, 1.165) is 42.1 Å².